The number of nitrogens with two attached hydrogens (primary N) is 1. The van der Waals surface area contributed by atoms with Crippen LogP contribution in [0.25, 0.3) is 0 Å². The molecule has 0 saturated carbocycles. The van der Waals surface area contributed by atoms with Crippen LogP contribution in [-0.4, -0.2) is 37.3 Å². The number of carbonyl (C=O) groups is 1. The minimum absolute atomic E-state index is 0.0351. The molecule has 0 aliphatic carbocycles. The minimum Gasteiger partial charge on any atom is -0.348 e. The second-order valence-electron chi connectivity index (χ2n) is 4.57. The quantitative estimate of drug-likeness (QED) is 0.382. The van der Waals surface area contributed by atoms with Crippen LogP contribution in [0.1, 0.15) is 17.3 Å². The number of carbonyl (C=O) groups excluding carboxylic acids is 1. The Morgan fingerprint density at radius 3 is 2.57 bits per heavy atom. The van der Waals surface area contributed by atoms with E-state index < -0.39 is 26.7 Å². The first-order valence-corrected chi connectivity index (χ1v) is 7.94. The minimum atomic E-state index is -3.25. The zero-order valence-electron chi connectivity index (χ0n) is 11.5. The molecule has 0 fully saturated rings. The van der Waals surface area contributed by atoms with Crippen molar-refractivity contribution in [1.29, 1.82) is 0 Å². The van der Waals surface area contributed by atoms with Crippen molar-refractivity contribution in [3.05, 3.63) is 33.9 Å². The number of para-hydroxylation sites is 1. The number of nitrogen functional groups attached to an aromatic ring is 1. The predicted molar refractivity (Wildman–Crippen MR) is 77.5 cm³/mol. The van der Waals surface area contributed by atoms with Gasteiger partial charge in [-0.15, -0.1) is 0 Å². The molecule has 116 valence electrons. The third-order valence-corrected chi connectivity index (χ3v) is 3.66. The van der Waals surface area contributed by atoms with Gasteiger partial charge in [-0.3, -0.25) is 20.8 Å². The maximum atomic E-state index is 12.1. The van der Waals surface area contributed by atoms with Gasteiger partial charge in [0.2, 0.25) is 0 Å². The zero-order valence-corrected chi connectivity index (χ0v) is 12.3. The average Bonchev–Trinajstić information content (AvgIpc) is 2.34. The number of rotatable bonds is 6. The largest absolute Gasteiger partial charge is 0.348 e. The van der Waals surface area contributed by atoms with Crippen molar-refractivity contribution in [2.24, 2.45) is 5.84 Å². The van der Waals surface area contributed by atoms with E-state index >= 15 is 0 Å². The van der Waals surface area contributed by atoms with E-state index in [-0.39, 0.29) is 22.7 Å². The monoisotopic (exact) mass is 316 g/mol. The first-order valence-electron chi connectivity index (χ1n) is 5.88. The van der Waals surface area contributed by atoms with Gasteiger partial charge in [-0.1, -0.05) is 6.07 Å². The number of nitro groups is 1. The van der Waals surface area contributed by atoms with Crippen molar-refractivity contribution >= 4 is 27.1 Å². The van der Waals surface area contributed by atoms with Crippen LogP contribution in [-0.2, 0) is 9.84 Å². The van der Waals surface area contributed by atoms with E-state index in [0.29, 0.717) is 0 Å². The number of hydrogen-bond acceptors (Lipinski definition) is 7. The summed E-state index contributed by atoms with van der Waals surface area (Å²) in [5.41, 5.74) is 1.61. The molecule has 1 atom stereocenters. The van der Waals surface area contributed by atoms with Gasteiger partial charge in [0.05, 0.1) is 16.2 Å². The predicted octanol–water partition coefficient (Wildman–Crippen LogP) is 0.0433. The molecule has 0 saturated heterocycles. The highest BCUT2D eigenvalue weighted by Crippen LogP contribution is 2.27. The Morgan fingerprint density at radius 2 is 2.10 bits per heavy atom. The molecule has 0 aliphatic heterocycles. The van der Waals surface area contributed by atoms with E-state index in [1.165, 1.54) is 25.1 Å². The van der Waals surface area contributed by atoms with Crippen molar-refractivity contribution in [2.75, 3.05) is 17.4 Å². The number of amides is 1. The fourth-order valence-electron chi connectivity index (χ4n) is 1.83. The standard InChI is InChI=1S/C11H16N4O5S/c1-7(6-21(2,19)20)13-11(16)8-4-3-5-9(15(17)18)10(8)14-12/h3-5,7,14H,6,12H2,1-2H3,(H,13,16). The lowest BCUT2D eigenvalue weighted by Gasteiger charge is -2.14. The van der Waals surface area contributed by atoms with Crippen molar-refractivity contribution < 1.29 is 18.1 Å². The van der Waals surface area contributed by atoms with Gasteiger partial charge in [0.1, 0.15) is 15.5 Å². The lowest BCUT2D eigenvalue weighted by Crippen LogP contribution is -2.37. The molecular formula is C11H16N4O5S. The number of hydrazine groups is 1. The van der Waals surface area contributed by atoms with E-state index in [1.54, 1.807) is 0 Å². The van der Waals surface area contributed by atoms with Crippen molar-refractivity contribution in [2.45, 2.75) is 13.0 Å². The van der Waals surface area contributed by atoms with Gasteiger partial charge in [0.15, 0.2) is 0 Å². The Labute approximate surface area is 121 Å². The number of hydrogen-bond donors (Lipinski definition) is 3. The Balaban J connectivity index is 3.03. The summed E-state index contributed by atoms with van der Waals surface area (Å²) in [5, 5.41) is 13.3. The SMILES string of the molecule is CC(CS(C)(=O)=O)NC(=O)c1cccc([N+](=O)[O-])c1NN. The molecule has 1 rings (SSSR count). The Morgan fingerprint density at radius 1 is 1.48 bits per heavy atom. The molecule has 21 heavy (non-hydrogen) atoms. The first-order chi connectivity index (χ1) is 9.65. The molecule has 10 heteroatoms. The first kappa shape index (κ1) is 16.9. The fraction of sp³-hybridized carbons (Fsp3) is 0.364. The molecule has 4 N–H and O–H groups in total. The molecule has 1 unspecified atom stereocenters. The van der Waals surface area contributed by atoms with Crippen LogP contribution in [0.15, 0.2) is 18.2 Å². The van der Waals surface area contributed by atoms with Crippen LogP contribution in [0.4, 0.5) is 11.4 Å². The van der Waals surface area contributed by atoms with E-state index in [4.69, 9.17) is 5.84 Å². The molecule has 0 aromatic heterocycles. The van der Waals surface area contributed by atoms with Gasteiger partial charge in [-0.2, -0.15) is 0 Å². The van der Waals surface area contributed by atoms with E-state index in [9.17, 15) is 23.3 Å². The molecule has 1 amide bonds. The number of nitrogens with zero attached hydrogens (tertiary/aromatic N) is 1. The highest BCUT2D eigenvalue weighted by molar-refractivity contribution is 7.90. The van der Waals surface area contributed by atoms with Gasteiger partial charge in [0, 0.05) is 18.4 Å². The Bertz CT molecular complexity index is 659. The molecule has 0 radical (unpaired) electrons. The normalized spacial score (nSPS) is 12.5. The van der Waals surface area contributed by atoms with Crippen LogP contribution < -0.4 is 16.6 Å². The van der Waals surface area contributed by atoms with Crippen LogP contribution in [0.5, 0.6) is 0 Å². The van der Waals surface area contributed by atoms with Crippen LogP contribution >= 0.6 is 0 Å². The molecule has 1 aromatic carbocycles. The number of nitrogens with one attached hydrogen (secondary N) is 2. The summed E-state index contributed by atoms with van der Waals surface area (Å²) < 4.78 is 22.3. The highest BCUT2D eigenvalue weighted by atomic mass is 32.2. The number of nitro benzene ring substituents is 1. The number of sulfone groups is 1. The summed E-state index contributed by atoms with van der Waals surface area (Å²) in [6.45, 7) is 1.52. The summed E-state index contributed by atoms with van der Waals surface area (Å²) in [6.07, 6.45) is 1.05. The molecule has 0 heterocycles. The van der Waals surface area contributed by atoms with Crippen molar-refractivity contribution in [3.8, 4) is 0 Å². The lowest BCUT2D eigenvalue weighted by atomic mass is 10.1. The molecule has 1 aromatic rings. The summed E-state index contributed by atoms with van der Waals surface area (Å²) in [5.74, 6) is 4.34. The maximum Gasteiger partial charge on any atom is 0.294 e. The molecular weight excluding hydrogens is 300 g/mol. The van der Waals surface area contributed by atoms with Crippen molar-refractivity contribution in [3.63, 3.8) is 0 Å². The summed E-state index contributed by atoms with van der Waals surface area (Å²) in [4.78, 5) is 22.3. The van der Waals surface area contributed by atoms with Gasteiger partial charge < -0.3 is 10.7 Å². The fourth-order valence-corrected chi connectivity index (χ4v) is 2.82. The van der Waals surface area contributed by atoms with Crippen LogP contribution in [0.3, 0.4) is 0 Å². The molecule has 0 aliphatic rings. The van der Waals surface area contributed by atoms with Gasteiger partial charge in [-0.25, -0.2) is 8.42 Å². The average molecular weight is 316 g/mol. The third kappa shape index (κ3) is 4.68. The lowest BCUT2D eigenvalue weighted by molar-refractivity contribution is -0.384. The van der Waals surface area contributed by atoms with E-state index in [2.05, 4.69) is 10.7 Å². The van der Waals surface area contributed by atoms with Gasteiger partial charge >= 0.3 is 0 Å². The van der Waals surface area contributed by atoms with Crippen LogP contribution in [0, 0.1) is 10.1 Å². The van der Waals surface area contributed by atoms with Crippen LogP contribution in [0.2, 0.25) is 0 Å². The number of benzene rings is 1. The molecule has 9 nitrogen and oxygen atoms in total. The summed E-state index contributed by atoms with van der Waals surface area (Å²) in [6, 6.07) is 3.25. The Hall–Kier alpha value is -2.20. The van der Waals surface area contributed by atoms with Gasteiger partial charge in [0.25, 0.3) is 11.6 Å². The second kappa shape index (κ2) is 6.50. The van der Waals surface area contributed by atoms with Crippen molar-refractivity contribution in [1.82, 2.24) is 5.32 Å². The molecule has 0 bridgehead atoms. The summed E-state index contributed by atoms with van der Waals surface area (Å²) >= 11 is 0. The van der Waals surface area contributed by atoms with E-state index in [1.807, 2.05) is 0 Å². The smallest absolute Gasteiger partial charge is 0.294 e. The van der Waals surface area contributed by atoms with E-state index in [0.717, 1.165) is 6.26 Å². The highest BCUT2D eigenvalue weighted by Gasteiger charge is 2.22. The number of anilines is 1. The maximum absolute atomic E-state index is 12.1. The van der Waals surface area contributed by atoms with Gasteiger partial charge in [-0.05, 0) is 13.0 Å². The topological polar surface area (TPSA) is 144 Å². The zero-order chi connectivity index (χ0) is 16.2. The summed E-state index contributed by atoms with van der Waals surface area (Å²) in [7, 11) is -3.25. The third-order valence-electron chi connectivity index (χ3n) is 2.56. The Kier molecular flexibility index (Phi) is 5.22. The second-order valence-corrected chi connectivity index (χ2v) is 6.75. The molecule has 0 spiro atoms.